The van der Waals surface area contributed by atoms with Crippen molar-refractivity contribution in [2.45, 2.75) is 69.7 Å². The van der Waals surface area contributed by atoms with Crippen LogP contribution in [0.5, 0.6) is 6.01 Å². The molecule has 3 aliphatic heterocycles. The third-order valence-corrected chi connectivity index (χ3v) is 9.55. The SMILES string of the molecule is CCc1c(F)ccc2cccc(-c3ncc4c(N5CCC[C@@](C)(O)C5)nc(OC[C@@]56CCCN5C[C@H](F)C6)nc4c3F)c12. The van der Waals surface area contributed by atoms with Gasteiger partial charge in [0.1, 0.15) is 35.6 Å². The van der Waals surface area contributed by atoms with Gasteiger partial charge in [0.25, 0.3) is 0 Å². The second-order valence-corrected chi connectivity index (χ2v) is 12.7. The Morgan fingerprint density at radius 2 is 1.93 bits per heavy atom. The summed E-state index contributed by atoms with van der Waals surface area (Å²) >= 11 is 0. The predicted octanol–water partition coefficient (Wildman–Crippen LogP) is 5.99. The number of β-amino-alcohol motifs (C(OH)–C–C–N with tert-alkyl or cyclic N) is 1. The maximum Gasteiger partial charge on any atom is 0.319 e. The standard InChI is InChI=1S/C33H36F3N5O2/c1-3-22-25(35)10-9-20-7-4-8-23(26(20)22)28-27(36)29-24(16-37-28)30(40-13-5-11-32(2,42)18-40)39-31(38-29)43-19-33-12-6-14-41(33)17-21(34)15-33/h4,7-10,16,21,42H,3,5-6,11-15,17-19H2,1-2H3/t21-,32-,33+/m1/s1. The van der Waals surface area contributed by atoms with E-state index in [0.29, 0.717) is 66.6 Å². The molecule has 0 unspecified atom stereocenters. The molecule has 3 aliphatic rings. The van der Waals surface area contributed by atoms with Gasteiger partial charge in [0.2, 0.25) is 0 Å². The zero-order chi connectivity index (χ0) is 29.9. The summed E-state index contributed by atoms with van der Waals surface area (Å²) in [5, 5.41) is 12.7. The number of fused-ring (bicyclic) bond motifs is 3. The number of hydrogen-bond donors (Lipinski definition) is 1. The second kappa shape index (κ2) is 10.6. The molecule has 3 fully saturated rings. The van der Waals surface area contributed by atoms with Crippen LogP contribution >= 0.6 is 0 Å². The molecule has 0 bridgehead atoms. The van der Waals surface area contributed by atoms with Crippen LogP contribution in [0.4, 0.5) is 19.0 Å². The zero-order valence-corrected chi connectivity index (χ0v) is 24.5. The number of aryl methyl sites for hydroxylation is 1. The minimum Gasteiger partial charge on any atom is -0.461 e. The number of pyridine rings is 1. The van der Waals surface area contributed by atoms with E-state index in [4.69, 9.17) is 9.72 Å². The molecule has 4 aromatic rings. The maximum atomic E-state index is 16.7. The van der Waals surface area contributed by atoms with Gasteiger partial charge in [0.15, 0.2) is 5.82 Å². The van der Waals surface area contributed by atoms with E-state index in [2.05, 4.69) is 14.9 Å². The minimum atomic E-state index is -0.935. The number of benzene rings is 2. The van der Waals surface area contributed by atoms with E-state index >= 15 is 4.39 Å². The van der Waals surface area contributed by atoms with Crippen LogP contribution in [0.15, 0.2) is 36.5 Å². The summed E-state index contributed by atoms with van der Waals surface area (Å²) in [7, 11) is 0. The van der Waals surface area contributed by atoms with Crippen LogP contribution in [0, 0.1) is 11.6 Å². The lowest BCUT2D eigenvalue weighted by molar-refractivity contribution is 0.0447. The largest absolute Gasteiger partial charge is 0.461 e. The number of nitrogens with zero attached hydrogens (tertiary/aromatic N) is 5. The van der Waals surface area contributed by atoms with E-state index in [-0.39, 0.29) is 29.6 Å². The lowest BCUT2D eigenvalue weighted by atomic mass is 9.94. The lowest BCUT2D eigenvalue weighted by Crippen LogP contribution is -2.46. The molecule has 3 saturated heterocycles. The van der Waals surface area contributed by atoms with Crippen molar-refractivity contribution in [3.05, 3.63) is 53.7 Å². The molecule has 0 saturated carbocycles. The predicted molar refractivity (Wildman–Crippen MR) is 160 cm³/mol. The van der Waals surface area contributed by atoms with E-state index in [1.165, 1.54) is 6.07 Å². The van der Waals surface area contributed by atoms with Gasteiger partial charge < -0.3 is 14.7 Å². The molecule has 1 N–H and O–H groups in total. The topological polar surface area (TPSA) is 74.6 Å². The highest BCUT2D eigenvalue weighted by atomic mass is 19.1. The Balaban J connectivity index is 1.37. The highest BCUT2D eigenvalue weighted by Crippen LogP contribution is 2.41. The van der Waals surface area contributed by atoms with Gasteiger partial charge in [0, 0.05) is 37.8 Å². The molecule has 3 atom stereocenters. The van der Waals surface area contributed by atoms with Crippen LogP contribution in [0.3, 0.4) is 0 Å². The van der Waals surface area contributed by atoms with E-state index in [1.54, 1.807) is 25.3 Å². The lowest BCUT2D eigenvalue weighted by Gasteiger charge is -2.38. The smallest absolute Gasteiger partial charge is 0.319 e. The number of ether oxygens (including phenoxy) is 1. The fourth-order valence-electron chi connectivity index (χ4n) is 7.54. The van der Waals surface area contributed by atoms with Gasteiger partial charge in [-0.05, 0) is 68.0 Å². The summed E-state index contributed by atoms with van der Waals surface area (Å²) in [5.74, 6) is -0.561. The van der Waals surface area contributed by atoms with Crippen LogP contribution in [0.1, 0.15) is 51.5 Å². The van der Waals surface area contributed by atoms with Crippen LogP contribution in [0.2, 0.25) is 0 Å². The van der Waals surface area contributed by atoms with Crippen molar-refractivity contribution in [3.63, 3.8) is 0 Å². The number of rotatable bonds is 6. The Morgan fingerprint density at radius 1 is 1.09 bits per heavy atom. The van der Waals surface area contributed by atoms with E-state index in [9.17, 15) is 13.9 Å². The Bertz CT molecular complexity index is 1720. The molecule has 5 heterocycles. The maximum absolute atomic E-state index is 16.7. The summed E-state index contributed by atoms with van der Waals surface area (Å²) in [6, 6.07) is 8.57. The highest BCUT2D eigenvalue weighted by molar-refractivity contribution is 6.00. The summed E-state index contributed by atoms with van der Waals surface area (Å²) in [6.45, 7) is 6.01. The van der Waals surface area contributed by atoms with Crippen molar-refractivity contribution < 1.29 is 23.0 Å². The molecule has 226 valence electrons. The molecule has 2 aromatic heterocycles. The summed E-state index contributed by atoms with van der Waals surface area (Å²) in [4.78, 5) is 17.9. The Hall–Kier alpha value is -3.50. The van der Waals surface area contributed by atoms with Gasteiger partial charge in [-0.15, -0.1) is 0 Å². The monoisotopic (exact) mass is 591 g/mol. The first kappa shape index (κ1) is 28.3. The number of hydrogen-bond acceptors (Lipinski definition) is 7. The third-order valence-electron chi connectivity index (χ3n) is 9.55. The molecule has 0 amide bonds. The average Bonchev–Trinajstić information content (AvgIpc) is 3.51. The van der Waals surface area contributed by atoms with Gasteiger partial charge in [-0.2, -0.15) is 9.97 Å². The first-order valence-corrected chi connectivity index (χ1v) is 15.2. The van der Waals surface area contributed by atoms with Crippen molar-refractivity contribution in [3.8, 4) is 17.3 Å². The van der Waals surface area contributed by atoms with Crippen LogP contribution in [0.25, 0.3) is 32.9 Å². The molecule has 0 radical (unpaired) electrons. The number of aliphatic hydroxyl groups is 1. The van der Waals surface area contributed by atoms with E-state index < -0.39 is 23.1 Å². The number of piperidine rings is 1. The normalized spacial score (nSPS) is 26.0. The van der Waals surface area contributed by atoms with Crippen LogP contribution in [-0.2, 0) is 6.42 Å². The summed E-state index contributed by atoms with van der Waals surface area (Å²) in [5.41, 5.74) is -0.265. The fraction of sp³-hybridized carbons (Fsp3) is 0.485. The first-order valence-electron chi connectivity index (χ1n) is 15.2. The summed E-state index contributed by atoms with van der Waals surface area (Å²) in [6.07, 6.45) is 4.65. The zero-order valence-electron chi connectivity index (χ0n) is 24.5. The number of anilines is 1. The molecular weight excluding hydrogens is 555 g/mol. The number of alkyl halides is 1. The fourth-order valence-corrected chi connectivity index (χ4v) is 7.54. The van der Waals surface area contributed by atoms with Gasteiger partial charge in [0.05, 0.1) is 16.5 Å². The molecular formula is C33H36F3N5O2. The van der Waals surface area contributed by atoms with Crippen molar-refractivity contribution in [2.24, 2.45) is 0 Å². The van der Waals surface area contributed by atoms with Gasteiger partial charge >= 0.3 is 6.01 Å². The first-order chi connectivity index (χ1) is 20.7. The molecule has 0 aliphatic carbocycles. The number of aromatic nitrogens is 3. The molecule has 2 aromatic carbocycles. The molecule has 0 spiro atoms. The van der Waals surface area contributed by atoms with Gasteiger partial charge in [-0.1, -0.05) is 31.2 Å². The molecule has 7 rings (SSSR count). The van der Waals surface area contributed by atoms with Crippen LogP contribution in [-0.4, -0.2) is 75.1 Å². The van der Waals surface area contributed by atoms with Gasteiger partial charge in [-0.3, -0.25) is 9.88 Å². The van der Waals surface area contributed by atoms with E-state index in [0.717, 1.165) is 31.2 Å². The average molecular weight is 592 g/mol. The van der Waals surface area contributed by atoms with Crippen LogP contribution < -0.4 is 9.64 Å². The van der Waals surface area contributed by atoms with E-state index in [1.807, 2.05) is 24.0 Å². The van der Waals surface area contributed by atoms with Crippen molar-refractivity contribution in [1.82, 2.24) is 19.9 Å². The molecule has 43 heavy (non-hydrogen) atoms. The molecule has 10 heteroatoms. The Labute approximate surface area is 248 Å². The third kappa shape index (κ3) is 4.88. The summed E-state index contributed by atoms with van der Waals surface area (Å²) < 4.78 is 52.2. The van der Waals surface area contributed by atoms with Gasteiger partial charge in [-0.25, -0.2) is 13.2 Å². The number of halogens is 3. The Kier molecular flexibility index (Phi) is 6.97. The van der Waals surface area contributed by atoms with Crippen molar-refractivity contribution in [2.75, 3.05) is 37.7 Å². The quantitative estimate of drug-likeness (QED) is 0.295. The second-order valence-electron chi connectivity index (χ2n) is 12.7. The highest BCUT2D eigenvalue weighted by Gasteiger charge is 2.49. The Morgan fingerprint density at radius 3 is 2.74 bits per heavy atom. The molecule has 7 nitrogen and oxygen atoms in total. The van der Waals surface area contributed by atoms with Crippen molar-refractivity contribution in [1.29, 1.82) is 0 Å². The van der Waals surface area contributed by atoms with Crippen molar-refractivity contribution >= 4 is 27.5 Å². The minimum absolute atomic E-state index is 0.00510.